The molecule has 30 heavy (non-hydrogen) atoms. The van der Waals surface area contributed by atoms with Gasteiger partial charge in [0.2, 0.25) is 11.8 Å². The first-order valence-electron chi connectivity index (χ1n) is 9.29. The van der Waals surface area contributed by atoms with Crippen molar-refractivity contribution >= 4 is 34.5 Å². The number of β-lactam (4-membered cyclic amide) rings is 1. The number of aliphatic carboxylic acids is 1. The molecule has 9 heteroatoms. The highest BCUT2D eigenvalue weighted by Gasteiger charge is 2.56. The van der Waals surface area contributed by atoms with Crippen LogP contribution in [0, 0.1) is 5.92 Å². The Balaban J connectivity index is 1.56. The molecule has 2 aromatic rings. The molecule has 0 radical (unpaired) electrons. The number of amides is 2. The molecular formula is C21H19N3O5S. The van der Waals surface area contributed by atoms with Gasteiger partial charge in [0.1, 0.15) is 5.37 Å². The van der Waals surface area contributed by atoms with Crippen LogP contribution in [0.5, 0.6) is 0 Å². The smallest absolute Gasteiger partial charge is 0.249 e. The summed E-state index contributed by atoms with van der Waals surface area (Å²) in [7, 11) is 0. The van der Waals surface area contributed by atoms with Crippen molar-refractivity contribution in [3.63, 3.8) is 0 Å². The number of hydrogen-bond donors (Lipinski definition) is 2. The lowest BCUT2D eigenvalue weighted by atomic mass is 9.92. The molecule has 2 amide bonds. The van der Waals surface area contributed by atoms with Gasteiger partial charge in [0.15, 0.2) is 18.9 Å². The van der Waals surface area contributed by atoms with E-state index in [0.29, 0.717) is 22.6 Å². The lowest BCUT2D eigenvalue weighted by Crippen LogP contribution is -2.61. The van der Waals surface area contributed by atoms with Gasteiger partial charge in [-0.2, -0.15) is 0 Å². The van der Waals surface area contributed by atoms with Gasteiger partial charge in [-0.15, -0.1) is 0 Å². The number of aliphatic hydroxyl groups excluding tert-OH is 1. The molecule has 0 spiro atoms. The summed E-state index contributed by atoms with van der Waals surface area (Å²) >= 11 is 1.26. The predicted molar refractivity (Wildman–Crippen MR) is 106 cm³/mol. The van der Waals surface area contributed by atoms with E-state index in [2.05, 4.69) is 0 Å². The summed E-state index contributed by atoms with van der Waals surface area (Å²) in [6.45, 7) is 2.08. The summed E-state index contributed by atoms with van der Waals surface area (Å²) in [6.07, 6.45) is 2.66. The number of primary amides is 1. The van der Waals surface area contributed by atoms with Gasteiger partial charge in [0.25, 0.3) is 0 Å². The number of fused-ring (bicyclic) bond motifs is 1. The topological polar surface area (TPSA) is 128 Å². The SMILES string of the molecule is C[C@@H](O)[C@H]1C(=O)N2C(C(=O)[O-])=C(c3ccc(C[n+]4ccc(C(N)=O)cc4)cc3)S[C@H]12. The van der Waals surface area contributed by atoms with Gasteiger partial charge in [-0.05, 0) is 12.5 Å². The van der Waals surface area contributed by atoms with Gasteiger partial charge in [0, 0.05) is 22.6 Å². The van der Waals surface area contributed by atoms with Crippen molar-refractivity contribution in [3.05, 3.63) is 71.2 Å². The Morgan fingerprint density at radius 3 is 2.40 bits per heavy atom. The maximum atomic E-state index is 12.3. The van der Waals surface area contributed by atoms with Crippen LogP contribution in [0.1, 0.15) is 28.4 Å². The minimum absolute atomic E-state index is 0.143. The van der Waals surface area contributed by atoms with Crippen LogP contribution in [-0.4, -0.2) is 39.3 Å². The number of carbonyl (C=O) groups excluding carboxylic acids is 3. The molecule has 3 heterocycles. The Morgan fingerprint density at radius 2 is 1.87 bits per heavy atom. The van der Waals surface area contributed by atoms with E-state index in [-0.39, 0.29) is 5.70 Å². The molecule has 2 aliphatic heterocycles. The maximum Gasteiger partial charge on any atom is 0.249 e. The number of nitrogens with two attached hydrogens (primary N) is 1. The van der Waals surface area contributed by atoms with E-state index in [1.54, 1.807) is 36.7 Å². The second-order valence-corrected chi connectivity index (χ2v) is 8.40. The van der Waals surface area contributed by atoms with Gasteiger partial charge >= 0.3 is 0 Å². The number of nitrogens with zero attached hydrogens (tertiary/aromatic N) is 2. The number of rotatable bonds is 6. The molecule has 154 valence electrons. The van der Waals surface area contributed by atoms with E-state index < -0.39 is 35.2 Å². The molecule has 2 aliphatic rings. The summed E-state index contributed by atoms with van der Waals surface area (Å²) in [5.74, 6) is -2.92. The van der Waals surface area contributed by atoms with Crippen LogP contribution in [0.3, 0.4) is 0 Å². The fourth-order valence-corrected chi connectivity index (χ4v) is 5.29. The van der Waals surface area contributed by atoms with Gasteiger partial charge in [-0.1, -0.05) is 36.0 Å². The summed E-state index contributed by atoms with van der Waals surface area (Å²) in [4.78, 5) is 36.8. The van der Waals surface area contributed by atoms with Crippen LogP contribution in [0.25, 0.3) is 4.91 Å². The molecule has 1 aromatic carbocycles. The van der Waals surface area contributed by atoms with Crippen molar-refractivity contribution in [2.24, 2.45) is 11.7 Å². The first-order chi connectivity index (χ1) is 14.3. The number of aromatic nitrogens is 1. The fourth-order valence-electron chi connectivity index (χ4n) is 3.68. The largest absolute Gasteiger partial charge is 0.543 e. The zero-order chi connectivity index (χ0) is 21.6. The van der Waals surface area contributed by atoms with Crippen molar-refractivity contribution in [2.45, 2.75) is 24.9 Å². The number of thioether (sulfide) groups is 1. The molecular weight excluding hydrogens is 406 g/mol. The standard InChI is InChI=1S/C21H19N3O5S/c1-11(25)15-19(27)24-16(21(28)29)17(30-20(15)24)13-4-2-12(3-5-13)10-23-8-6-14(7-9-23)18(22)26/h2-9,11,15,20,25H,10H2,1H3,(H2-,22,26,28,29)/t11-,15+,20-/m1/s1. The van der Waals surface area contributed by atoms with Crippen LogP contribution in [0.4, 0.5) is 0 Å². The lowest BCUT2D eigenvalue weighted by Gasteiger charge is -2.44. The number of carboxylic acids is 1. The highest BCUT2D eigenvalue weighted by molar-refractivity contribution is 8.09. The molecule has 0 aliphatic carbocycles. The van der Waals surface area contributed by atoms with Crippen molar-refractivity contribution in [2.75, 3.05) is 0 Å². The molecule has 1 fully saturated rings. The van der Waals surface area contributed by atoms with Crippen molar-refractivity contribution in [1.29, 1.82) is 0 Å². The molecule has 4 rings (SSSR count). The zero-order valence-corrected chi connectivity index (χ0v) is 16.8. The van der Waals surface area contributed by atoms with E-state index in [4.69, 9.17) is 5.73 Å². The first kappa shape index (κ1) is 20.1. The summed E-state index contributed by atoms with van der Waals surface area (Å²) in [6, 6.07) is 10.6. The van der Waals surface area contributed by atoms with Crippen LogP contribution >= 0.6 is 11.8 Å². The number of carbonyl (C=O) groups is 3. The monoisotopic (exact) mass is 425 g/mol. The second kappa shape index (κ2) is 7.58. The van der Waals surface area contributed by atoms with E-state index in [1.165, 1.54) is 23.6 Å². The summed E-state index contributed by atoms with van der Waals surface area (Å²) in [5, 5.41) is 21.1. The van der Waals surface area contributed by atoms with Gasteiger partial charge in [-0.25, -0.2) is 4.57 Å². The minimum atomic E-state index is -1.41. The number of carboxylic acid groups (broad SMARTS) is 1. The van der Waals surface area contributed by atoms with Crippen molar-refractivity contribution in [3.8, 4) is 0 Å². The Morgan fingerprint density at radius 1 is 1.23 bits per heavy atom. The Kier molecular flexibility index (Phi) is 5.08. The van der Waals surface area contributed by atoms with Crippen molar-refractivity contribution in [1.82, 2.24) is 4.90 Å². The average molecular weight is 425 g/mol. The lowest BCUT2D eigenvalue weighted by molar-refractivity contribution is -0.688. The minimum Gasteiger partial charge on any atom is -0.543 e. The second-order valence-electron chi connectivity index (χ2n) is 7.27. The number of pyridine rings is 1. The van der Waals surface area contributed by atoms with E-state index in [0.717, 1.165) is 5.56 Å². The van der Waals surface area contributed by atoms with E-state index in [1.807, 2.05) is 16.7 Å². The van der Waals surface area contributed by atoms with E-state index in [9.17, 15) is 24.6 Å². The third-order valence-electron chi connectivity index (χ3n) is 5.25. The maximum absolute atomic E-state index is 12.3. The number of hydrogen-bond acceptors (Lipinski definition) is 6. The van der Waals surface area contributed by atoms with Gasteiger partial charge in [0.05, 0.1) is 29.3 Å². The van der Waals surface area contributed by atoms with Crippen LogP contribution in [0.2, 0.25) is 0 Å². The van der Waals surface area contributed by atoms with Crippen molar-refractivity contribution < 1.29 is 29.2 Å². The Bertz CT molecular complexity index is 1060. The molecule has 3 N–H and O–H groups in total. The quantitative estimate of drug-likeness (QED) is 0.472. The highest BCUT2D eigenvalue weighted by Crippen LogP contribution is 2.53. The normalized spacial score (nSPS) is 21.3. The number of benzene rings is 1. The fraction of sp³-hybridized carbons (Fsp3) is 0.238. The highest BCUT2D eigenvalue weighted by atomic mass is 32.2. The van der Waals surface area contributed by atoms with Crippen LogP contribution < -0.4 is 15.4 Å². The molecule has 8 nitrogen and oxygen atoms in total. The van der Waals surface area contributed by atoms with E-state index >= 15 is 0 Å². The molecule has 1 aromatic heterocycles. The molecule has 0 bridgehead atoms. The van der Waals surface area contributed by atoms with Gasteiger partial charge in [-0.3, -0.25) is 14.5 Å². The third-order valence-corrected chi connectivity index (χ3v) is 6.66. The van der Waals surface area contributed by atoms with Crippen LogP contribution in [-0.2, 0) is 16.1 Å². The summed E-state index contributed by atoms with van der Waals surface area (Å²) < 4.78 is 1.88. The van der Waals surface area contributed by atoms with Gasteiger partial charge < -0.3 is 20.7 Å². The first-order valence-corrected chi connectivity index (χ1v) is 10.2. The average Bonchev–Trinajstić information content (AvgIpc) is 3.04. The molecule has 0 unspecified atom stereocenters. The predicted octanol–water partition coefficient (Wildman–Crippen LogP) is -0.548. The molecule has 0 saturated carbocycles. The Labute approximate surface area is 176 Å². The third kappa shape index (κ3) is 3.35. The molecule has 1 saturated heterocycles. The summed E-state index contributed by atoms with van der Waals surface area (Å²) in [5.41, 5.74) is 7.17. The Hall–Kier alpha value is -3.17. The number of aliphatic hydroxyl groups is 1. The van der Waals surface area contributed by atoms with Crippen LogP contribution in [0.15, 0.2) is 54.5 Å². The zero-order valence-electron chi connectivity index (χ0n) is 16.0. The molecule has 3 atom stereocenters.